The molecule has 3 aromatic rings. The van der Waals surface area contributed by atoms with Gasteiger partial charge >= 0.3 is 0 Å². The van der Waals surface area contributed by atoms with Crippen molar-refractivity contribution in [3.8, 4) is 17.2 Å². The van der Waals surface area contributed by atoms with Crippen LogP contribution in [0, 0.1) is 0 Å². The molecule has 0 aromatic heterocycles. The SMILES string of the molecule is COc1ccc2ccc(OC)c(COc3ccc(CC4SC(=O)NC4=O)cc3)c2c1.[Na]. The first-order valence-corrected chi connectivity index (χ1v) is 10.3. The number of imide groups is 1. The Bertz CT molecular complexity index is 1100. The van der Waals surface area contributed by atoms with Gasteiger partial charge in [0.2, 0.25) is 5.91 Å². The number of amides is 2. The molecule has 6 nitrogen and oxygen atoms in total. The number of ether oxygens (including phenoxy) is 3. The third kappa shape index (κ3) is 5.36. The van der Waals surface area contributed by atoms with E-state index in [1.54, 1.807) is 14.2 Å². The van der Waals surface area contributed by atoms with Gasteiger partial charge in [0.25, 0.3) is 5.24 Å². The fourth-order valence-electron chi connectivity index (χ4n) is 3.43. The third-order valence-corrected chi connectivity index (χ3v) is 5.99. The fourth-order valence-corrected chi connectivity index (χ4v) is 4.29. The number of methoxy groups -OCH3 is 2. The van der Waals surface area contributed by atoms with Crippen molar-refractivity contribution in [1.82, 2.24) is 5.32 Å². The molecule has 31 heavy (non-hydrogen) atoms. The van der Waals surface area contributed by atoms with E-state index in [1.165, 1.54) is 0 Å². The first kappa shape index (κ1) is 23.5. The molecule has 3 aromatic carbocycles. The first-order valence-electron chi connectivity index (χ1n) is 9.44. The number of carbonyl (C=O) groups is 2. The molecule has 0 spiro atoms. The third-order valence-electron chi connectivity index (χ3n) is 5.01. The van der Waals surface area contributed by atoms with Crippen LogP contribution in [0.5, 0.6) is 17.2 Å². The molecule has 1 aliphatic rings. The van der Waals surface area contributed by atoms with Crippen molar-refractivity contribution in [3.05, 3.63) is 65.7 Å². The van der Waals surface area contributed by atoms with Crippen LogP contribution in [0.4, 0.5) is 4.79 Å². The summed E-state index contributed by atoms with van der Waals surface area (Å²) in [5.41, 5.74) is 1.91. The van der Waals surface area contributed by atoms with Crippen molar-refractivity contribution >= 4 is 63.2 Å². The van der Waals surface area contributed by atoms with E-state index in [4.69, 9.17) is 14.2 Å². The van der Waals surface area contributed by atoms with Crippen molar-refractivity contribution in [2.24, 2.45) is 0 Å². The summed E-state index contributed by atoms with van der Waals surface area (Å²) in [6, 6.07) is 17.4. The van der Waals surface area contributed by atoms with E-state index in [1.807, 2.05) is 54.6 Å². The van der Waals surface area contributed by atoms with Gasteiger partial charge in [0.1, 0.15) is 23.9 Å². The predicted octanol–water partition coefficient (Wildman–Crippen LogP) is 3.95. The second kappa shape index (κ2) is 10.4. The normalized spacial score (nSPS) is 15.4. The molecule has 0 saturated carbocycles. The van der Waals surface area contributed by atoms with Gasteiger partial charge in [-0.25, -0.2) is 0 Å². The Balaban J connectivity index is 0.00000272. The van der Waals surface area contributed by atoms with Crippen LogP contribution in [0.1, 0.15) is 11.1 Å². The number of rotatable bonds is 7. The van der Waals surface area contributed by atoms with Crippen LogP contribution in [0.25, 0.3) is 10.8 Å². The zero-order chi connectivity index (χ0) is 21.1. The van der Waals surface area contributed by atoms with E-state index in [0.29, 0.717) is 18.8 Å². The summed E-state index contributed by atoms with van der Waals surface area (Å²) < 4.78 is 16.9. The molecule has 1 N–H and O–H groups in total. The molecule has 155 valence electrons. The number of thioether (sulfide) groups is 1. The average Bonchev–Trinajstić information content (AvgIpc) is 3.08. The van der Waals surface area contributed by atoms with Gasteiger partial charge in [0.05, 0.1) is 19.5 Å². The summed E-state index contributed by atoms with van der Waals surface area (Å²) in [4.78, 5) is 23.0. The largest absolute Gasteiger partial charge is 0.497 e. The smallest absolute Gasteiger partial charge is 0.286 e. The summed E-state index contributed by atoms with van der Waals surface area (Å²) >= 11 is 1.03. The van der Waals surface area contributed by atoms with E-state index in [2.05, 4.69) is 5.32 Å². The fraction of sp³-hybridized carbons (Fsp3) is 0.217. The Morgan fingerprint density at radius 1 is 0.935 bits per heavy atom. The summed E-state index contributed by atoms with van der Waals surface area (Å²) in [5.74, 6) is 2.00. The number of benzene rings is 3. The molecule has 0 bridgehead atoms. The van der Waals surface area contributed by atoms with Gasteiger partial charge in [-0.15, -0.1) is 0 Å². The van der Waals surface area contributed by atoms with E-state index < -0.39 is 0 Å². The number of carbonyl (C=O) groups excluding carboxylic acids is 2. The Kier molecular flexibility index (Phi) is 7.89. The maximum absolute atomic E-state index is 11.7. The number of hydrogen-bond acceptors (Lipinski definition) is 6. The number of hydrogen-bond donors (Lipinski definition) is 1. The van der Waals surface area contributed by atoms with Crippen LogP contribution < -0.4 is 19.5 Å². The summed E-state index contributed by atoms with van der Waals surface area (Å²) in [7, 11) is 3.28. The summed E-state index contributed by atoms with van der Waals surface area (Å²) in [6.07, 6.45) is 0.499. The Labute approximate surface area is 206 Å². The molecule has 1 saturated heterocycles. The van der Waals surface area contributed by atoms with Crippen LogP contribution >= 0.6 is 11.8 Å². The minimum Gasteiger partial charge on any atom is -0.497 e. The monoisotopic (exact) mass is 446 g/mol. The second-order valence-electron chi connectivity index (χ2n) is 6.85. The van der Waals surface area contributed by atoms with Gasteiger partial charge in [0.15, 0.2) is 0 Å². The maximum atomic E-state index is 11.7. The number of nitrogens with one attached hydrogen (secondary N) is 1. The average molecular weight is 446 g/mol. The van der Waals surface area contributed by atoms with Crippen LogP contribution in [0.15, 0.2) is 54.6 Å². The molecule has 2 amide bonds. The van der Waals surface area contributed by atoms with Crippen molar-refractivity contribution in [2.45, 2.75) is 18.3 Å². The van der Waals surface area contributed by atoms with Crippen LogP contribution in [-0.2, 0) is 17.8 Å². The van der Waals surface area contributed by atoms with Gasteiger partial charge in [-0.2, -0.15) is 0 Å². The molecule has 1 radical (unpaired) electrons. The predicted molar refractivity (Wildman–Crippen MR) is 122 cm³/mol. The minimum atomic E-state index is -0.376. The Morgan fingerprint density at radius 3 is 2.29 bits per heavy atom. The molecule has 1 heterocycles. The second-order valence-corrected chi connectivity index (χ2v) is 8.03. The molecular formula is C23H21NNaO5S. The molecular weight excluding hydrogens is 425 g/mol. The van der Waals surface area contributed by atoms with Crippen molar-refractivity contribution < 1.29 is 23.8 Å². The van der Waals surface area contributed by atoms with Crippen LogP contribution in [-0.4, -0.2) is 60.2 Å². The Hall–Kier alpha value is -2.19. The Morgan fingerprint density at radius 2 is 1.65 bits per heavy atom. The quantitative estimate of drug-likeness (QED) is 0.554. The van der Waals surface area contributed by atoms with Gasteiger partial charge in [-0.3, -0.25) is 14.9 Å². The number of fused-ring (bicyclic) bond motifs is 1. The van der Waals surface area contributed by atoms with E-state index in [0.717, 1.165) is 45.2 Å². The zero-order valence-electron chi connectivity index (χ0n) is 17.6. The van der Waals surface area contributed by atoms with Crippen molar-refractivity contribution in [2.75, 3.05) is 14.2 Å². The molecule has 8 heteroatoms. The topological polar surface area (TPSA) is 73.9 Å². The van der Waals surface area contributed by atoms with Crippen LogP contribution in [0.2, 0.25) is 0 Å². The zero-order valence-corrected chi connectivity index (χ0v) is 20.5. The van der Waals surface area contributed by atoms with Gasteiger partial charge in [-0.1, -0.05) is 36.0 Å². The summed E-state index contributed by atoms with van der Waals surface area (Å²) in [6.45, 7) is 0.336. The summed E-state index contributed by atoms with van der Waals surface area (Å²) in [5, 5.41) is 3.74. The first-order chi connectivity index (χ1) is 14.6. The van der Waals surface area contributed by atoms with Gasteiger partial charge in [0, 0.05) is 35.1 Å². The van der Waals surface area contributed by atoms with E-state index in [9.17, 15) is 9.59 Å². The minimum absolute atomic E-state index is 0. The molecule has 1 unspecified atom stereocenters. The molecule has 0 aliphatic carbocycles. The molecule has 1 atom stereocenters. The standard InChI is InChI=1S/C23H21NO5S.Na/c1-27-17-9-5-15-6-10-20(28-2)19(18(15)12-17)13-29-16-7-3-14(4-8-16)11-21-22(25)24-23(26)30-21;/h3-10,12,21H,11,13H2,1-2H3,(H,24,25,26);. The van der Waals surface area contributed by atoms with Crippen molar-refractivity contribution in [3.63, 3.8) is 0 Å². The maximum Gasteiger partial charge on any atom is 0.286 e. The molecule has 4 rings (SSSR count). The molecule has 1 aliphatic heterocycles. The van der Waals surface area contributed by atoms with Crippen LogP contribution in [0.3, 0.4) is 0 Å². The van der Waals surface area contributed by atoms with Crippen molar-refractivity contribution in [1.29, 1.82) is 0 Å². The van der Waals surface area contributed by atoms with Gasteiger partial charge in [-0.05, 0) is 53.1 Å². The molecule has 1 fully saturated rings. The van der Waals surface area contributed by atoms with E-state index in [-0.39, 0.29) is 46.0 Å². The van der Waals surface area contributed by atoms with E-state index >= 15 is 0 Å². The van der Waals surface area contributed by atoms with Gasteiger partial charge < -0.3 is 14.2 Å².